The number of sulfonamides is 1. The summed E-state index contributed by atoms with van der Waals surface area (Å²) in [6.45, 7) is 1.15. The number of hydrogen-bond acceptors (Lipinski definition) is 3. The number of amides is 1. The summed E-state index contributed by atoms with van der Waals surface area (Å²) >= 11 is 0. The van der Waals surface area contributed by atoms with E-state index in [9.17, 15) is 13.2 Å². The minimum atomic E-state index is -3.45. The molecule has 2 aromatic carbocycles. The fourth-order valence-electron chi connectivity index (χ4n) is 4.00. The second-order valence-electron chi connectivity index (χ2n) is 7.25. The third kappa shape index (κ3) is 3.64. The molecular formula is C21H24N2O3S. The summed E-state index contributed by atoms with van der Waals surface area (Å²) in [6, 6.07) is 14.5. The van der Waals surface area contributed by atoms with Crippen LogP contribution < -0.4 is 5.32 Å². The van der Waals surface area contributed by atoms with Crippen LogP contribution in [0.25, 0.3) is 0 Å². The van der Waals surface area contributed by atoms with Crippen molar-refractivity contribution < 1.29 is 13.2 Å². The average Bonchev–Trinajstić information content (AvgIpc) is 3.24. The molecule has 1 amide bonds. The van der Waals surface area contributed by atoms with Gasteiger partial charge >= 0.3 is 0 Å². The Hall–Kier alpha value is -2.18. The van der Waals surface area contributed by atoms with Crippen molar-refractivity contribution in [3.63, 3.8) is 0 Å². The number of carbonyl (C=O) groups is 1. The molecule has 5 nitrogen and oxygen atoms in total. The van der Waals surface area contributed by atoms with Crippen LogP contribution in [0.15, 0.2) is 53.4 Å². The van der Waals surface area contributed by atoms with Gasteiger partial charge in [0, 0.05) is 18.7 Å². The Morgan fingerprint density at radius 3 is 2.41 bits per heavy atom. The second-order valence-corrected chi connectivity index (χ2v) is 9.19. The van der Waals surface area contributed by atoms with Crippen LogP contribution in [0.4, 0.5) is 0 Å². The van der Waals surface area contributed by atoms with Crippen molar-refractivity contribution in [3.05, 3.63) is 65.2 Å². The number of nitrogens with one attached hydrogen (secondary N) is 1. The van der Waals surface area contributed by atoms with E-state index in [2.05, 4.69) is 17.4 Å². The number of aryl methyl sites for hydroxylation is 1. The maximum atomic E-state index is 12.7. The summed E-state index contributed by atoms with van der Waals surface area (Å²) in [5, 5.41) is 3.11. The highest BCUT2D eigenvalue weighted by Crippen LogP contribution is 2.29. The molecular weight excluding hydrogens is 360 g/mol. The molecule has 0 bridgehead atoms. The number of hydrogen-bond donors (Lipinski definition) is 1. The lowest BCUT2D eigenvalue weighted by Crippen LogP contribution is -2.31. The van der Waals surface area contributed by atoms with Gasteiger partial charge in [0.05, 0.1) is 10.9 Å². The maximum absolute atomic E-state index is 12.7. The molecule has 1 aliphatic carbocycles. The van der Waals surface area contributed by atoms with E-state index in [1.807, 2.05) is 12.1 Å². The van der Waals surface area contributed by atoms with E-state index in [0.29, 0.717) is 18.7 Å². The minimum absolute atomic E-state index is 0.00968. The molecule has 0 radical (unpaired) electrons. The summed E-state index contributed by atoms with van der Waals surface area (Å²) in [5.41, 5.74) is 2.96. The van der Waals surface area contributed by atoms with Crippen LogP contribution in [0.2, 0.25) is 0 Å². The molecule has 1 atom stereocenters. The van der Waals surface area contributed by atoms with Gasteiger partial charge in [-0.15, -0.1) is 0 Å². The van der Waals surface area contributed by atoms with Crippen LogP contribution in [0.1, 0.15) is 53.2 Å². The zero-order chi connectivity index (χ0) is 18.9. The molecule has 2 aliphatic rings. The molecule has 27 heavy (non-hydrogen) atoms. The van der Waals surface area contributed by atoms with Crippen molar-refractivity contribution >= 4 is 15.9 Å². The molecule has 4 rings (SSSR count). The van der Waals surface area contributed by atoms with E-state index in [0.717, 1.165) is 32.1 Å². The summed E-state index contributed by atoms with van der Waals surface area (Å²) in [7, 11) is -3.45. The molecule has 0 aromatic heterocycles. The Morgan fingerprint density at radius 1 is 0.963 bits per heavy atom. The number of fused-ring (bicyclic) bond motifs is 1. The molecule has 1 saturated heterocycles. The van der Waals surface area contributed by atoms with Gasteiger partial charge in [0.1, 0.15) is 0 Å². The van der Waals surface area contributed by atoms with E-state index in [1.54, 1.807) is 12.1 Å². The molecule has 1 N–H and O–H groups in total. The van der Waals surface area contributed by atoms with Crippen LogP contribution in [-0.2, 0) is 16.4 Å². The molecule has 2 aromatic rings. The molecule has 6 heteroatoms. The third-order valence-electron chi connectivity index (χ3n) is 5.49. The fourth-order valence-corrected chi connectivity index (χ4v) is 5.52. The predicted octanol–water partition coefficient (Wildman–Crippen LogP) is 3.28. The minimum Gasteiger partial charge on any atom is -0.345 e. The Labute approximate surface area is 160 Å². The fraction of sp³-hybridized carbons (Fsp3) is 0.381. The van der Waals surface area contributed by atoms with Crippen LogP contribution >= 0.6 is 0 Å². The third-order valence-corrected chi connectivity index (χ3v) is 7.41. The molecule has 0 spiro atoms. The summed E-state index contributed by atoms with van der Waals surface area (Å²) < 4.78 is 26.7. The highest BCUT2D eigenvalue weighted by atomic mass is 32.2. The number of rotatable bonds is 4. The topological polar surface area (TPSA) is 66.5 Å². The van der Waals surface area contributed by atoms with Gasteiger partial charge in [-0.25, -0.2) is 8.42 Å². The van der Waals surface area contributed by atoms with Gasteiger partial charge in [0.15, 0.2) is 0 Å². The lowest BCUT2D eigenvalue weighted by Gasteiger charge is -2.26. The Kier molecular flexibility index (Phi) is 5.02. The first kappa shape index (κ1) is 18.2. The van der Waals surface area contributed by atoms with Crippen molar-refractivity contribution in [1.82, 2.24) is 9.62 Å². The SMILES string of the molecule is O=C(N[C@H]1CCCc2ccccc21)c1ccc(S(=O)(=O)N2CCCC2)cc1. The largest absolute Gasteiger partial charge is 0.345 e. The summed E-state index contributed by atoms with van der Waals surface area (Å²) in [6.07, 6.45) is 4.83. The van der Waals surface area contributed by atoms with Gasteiger partial charge in [-0.05, 0) is 67.5 Å². The van der Waals surface area contributed by atoms with E-state index >= 15 is 0 Å². The first-order chi connectivity index (χ1) is 13.1. The first-order valence-electron chi connectivity index (χ1n) is 9.54. The average molecular weight is 385 g/mol. The second kappa shape index (κ2) is 7.44. The molecule has 1 heterocycles. The lowest BCUT2D eigenvalue weighted by molar-refractivity contribution is 0.0932. The van der Waals surface area contributed by atoms with Crippen molar-refractivity contribution in [2.24, 2.45) is 0 Å². The van der Waals surface area contributed by atoms with Gasteiger partial charge in [0.25, 0.3) is 5.91 Å². The van der Waals surface area contributed by atoms with Crippen molar-refractivity contribution in [2.75, 3.05) is 13.1 Å². The smallest absolute Gasteiger partial charge is 0.251 e. The van der Waals surface area contributed by atoms with Crippen molar-refractivity contribution in [3.8, 4) is 0 Å². The van der Waals surface area contributed by atoms with E-state index < -0.39 is 10.0 Å². The standard InChI is InChI=1S/C21H24N2O3S/c24-21(22-20-9-5-7-16-6-1-2-8-19(16)20)17-10-12-18(13-11-17)27(25,26)23-14-3-4-15-23/h1-2,6,8,10-13,20H,3-5,7,9,14-15H2,(H,22,24)/t20-/m0/s1. The van der Waals surface area contributed by atoms with Crippen LogP contribution in [0.5, 0.6) is 0 Å². The Morgan fingerprint density at radius 2 is 1.67 bits per heavy atom. The van der Waals surface area contributed by atoms with Crippen molar-refractivity contribution in [2.45, 2.75) is 43.0 Å². The molecule has 0 unspecified atom stereocenters. The number of carbonyl (C=O) groups excluding carboxylic acids is 1. The van der Waals surface area contributed by atoms with Gasteiger partial charge in [-0.2, -0.15) is 4.31 Å². The number of benzene rings is 2. The summed E-state index contributed by atoms with van der Waals surface area (Å²) in [5.74, 6) is -0.165. The monoisotopic (exact) mass is 384 g/mol. The van der Waals surface area contributed by atoms with E-state index in [1.165, 1.54) is 27.6 Å². The number of nitrogens with zero attached hydrogens (tertiary/aromatic N) is 1. The van der Waals surface area contributed by atoms with Gasteiger partial charge in [-0.3, -0.25) is 4.79 Å². The maximum Gasteiger partial charge on any atom is 0.251 e. The van der Waals surface area contributed by atoms with E-state index in [4.69, 9.17) is 0 Å². The predicted molar refractivity (Wildman–Crippen MR) is 104 cm³/mol. The summed E-state index contributed by atoms with van der Waals surface area (Å²) in [4.78, 5) is 12.9. The zero-order valence-electron chi connectivity index (χ0n) is 15.2. The first-order valence-corrected chi connectivity index (χ1v) is 11.0. The van der Waals surface area contributed by atoms with Gasteiger partial charge < -0.3 is 5.32 Å². The Bertz CT molecular complexity index is 932. The normalized spacial score (nSPS) is 20.2. The Balaban J connectivity index is 1.49. The van der Waals surface area contributed by atoms with Crippen LogP contribution in [-0.4, -0.2) is 31.7 Å². The molecule has 0 saturated carbocycles. The highest BCUT2D eigenvalue weighted by molar-refractivity contribution is 7.89. The van der Waals surface area contributed by atoms with Gasteiger partial charge in [-0.1, -0.05) is 24.3 Å². The zero-order valence-corrected chi connectivity index (χ0v) is 16.0. The molecule has 142 valence electrons. The lowest BCUT2D eigenvalue weighted by atomic mass is 9.87. The van der Waals surface area contributed by atoms with E-state index in [-0.39, 0.29) is 16.8 Å². The van der Waals surface area contributed by atoms with Crippen LogP contribution in [0, 0.1) is 0 Å². The molecule has 1 fully saturated rings. The van der Waals surface area contributed by atoms with Crippen LogP contribution in [0.3, 0.4) is 0 Å². The highest BCUT2D eigenvalue weighted by Gasteiger charge is 2.27. The van der Waals surface area contributed by atoms with Crippen molar-refractivity contribution in [1.29, 1.82) is 0 Å². The quantitative estimate of drug-likeness (QED) is 0.880. The van der Waals surface area contributed by atoms with Gasteiger partial charge in [0.2, 0.25) is 10.0 Å². The molecule has 1 aliphatic heterocycles.